The largest absolute Gasteiger partial charge is 0.204 e. The standard InChI is InChI=1S/C16H15BrF2/c1-10-6-7-12(8-11(10)2)14(17)9-13-4-3-5-15(18)16(13)19/h3-8,14H,9H2,1-2H3. The van der Waals surface area contributed by atoms with E-state index in [4.69, 9.17) is 0 Å². The van der Waals surface area contributed by atoms with Crippen molar-refractivity contribution in [1.29, 1.82) is 0 Å². The van der Waals surface area contributed by atoms with E-state index in [9.17, 15) is 8.78 Å². The van der Waals surface area contributed by atoms with Crippen LogP contribution in [0.5, 0.6) is 0 Å². The first-order valence-corrected chi connectivity index (χ1v) is 7.04. The molecule has 0 radical (unpaired) electrons. The van der Waals surface area contributed by atoms with Crippen LogP contribution in [0.3, 0.4) is 0 Å². The highest BCUT2D eigenvalue weighted by atomic mass is 79.9. The minimum absolute atomic E-state index is 0.0249. The molecule has 0 aliphatic carbocycles. The maximum atomic E-state index is 13.6. The van der Waals surface area contributed by atoms with E-state index in [0.717, 1.165) is 11.6 Å². The maximum Gasteiger partial charge on any atom is 0.162 e. The van der Waals surface area contributed by atoms with Gasteiger partial charge in [0.15, 0.2) is 11.6 Å². The number of hydrogen-bond donors (Lipinski definition) is 0. The van der Waals surface area contributed by atoms with Crippen LogP contribution < -0.4 is 0 Å². The smallest absolute Gasteiger partial charge is 0.162 e. The van der Waals surface area contributed by atoms with Gasteiger partial charge >= 0.3 is 0 Å². The molecule has 0 spiro atoms. The van der Waals surface area contributed by atoms with Crippen molar-refractivity contribution in [3.63, 3.8) is 0 Å². The molecule has 0 aliphatic rings. The third kappa shape index (κ3) is 3.21. The van der Waals surface area contributed by atoms with Crippen molar-refractivity contribution in [3.8, 4) is 0 Å². The monoisotopic (exact) mass is 324 g/mol. The molecule has 0 N–H and O–H groups in total. The highest BCUT2D eigenvalue weighted by molar-refractivity contribution is 9.09. The van der Waals surface area contributed by atoms with Crippen LogP contribution in [0, 0.1) is 25.5 Å². The topological polar surface area (TPSA) is 0 Å². The van der Waals surface area contributed by atoms with Crippen molar-refractivity contribution in [2.75, 3.05) is 0 Å². The molecule has 0 heterocycles. The molecule has 0 aliphatic heterocycles. The Hall–Kier alpha value is -1.22. The summed E-state index contributed by atoms with van der Waals surface area (Å²) in [6.07, 6.45) is 0.423. The summed E-state index contributed by atoms with van der Waals surface area (Å²) in [5, 5.41) is 0. The van der Waals surface area contributed by atoms with Gasteiger partial charge in [-0.2, -0.15) is 0 Å². The first kappa shape index (κ1) is 14.2. The van der Waals surface area contributed by atoms with Gasteiger partial charge in [0, 0.05) is 4.83 Å². The Balaban J connectivity index is 2.23. The molecule has 19 heavy (non-hydrogen) atoms. The van der Waals surface area contributed by atoms with Gasteiger partial charge in [0.1, 0.15) is 0 Å². The molecule has 0 amide bonds. The fourth-order valence-electron chi connectivity index (χ4n) is 1.98. The van der Waals surface area contributed by atoms with Gasteiger partial charge < -0.3 is 0 Å². The van der Waals surface area contributed by atoms with Crippen molar-refractivity contribution in [2.45, 2.75) is 25.1 Å². The molecule has 1 atom stereocenters. The lowest BCUT2D eigenvalue weighted by atomic mass is 10.00. The number of hydrogen-bond acceptors (Lipinski definition) is 0. The van der Waals surface area contributed by atoms with E-state index in [1.807, 2.05) is 19.1 Å². The minimum atomic E-state index is -0.794. The molecule has 0 nitrogen and oxygen atoms in total. The molecule has 0 saturated carbocycles. The van der Waals surface area contributed by atoms with Crippen LogP contribution in [0.4, 0.5) is 8.78 Å². The van der Waals surface area contributed by atoms with Gasteiger partial charge in [-0.3, -0.25) is 0 Å². The summed E-state index contributed by atoms with van der Waals surface area (Å²) in [5.74, 6) is -1.55. The van der Waals surface area contributed by atoms with E-state index >= 15 is 0 Å². The summed E-state index contributed by atoms with van der Waals surface area (Å²) in [7, 11) is 0. The van der Waals surface area contributed by atoms with Crippen molar-refractivity contribution >= 4 is 15.9 Å². The highest BCUT2D eigenvalue weighted by Gasteiger charge is 2.14. The Kier molecular flexibility index (Phi) is 4.35. The average molecular weight is 325 g/mol. The van der Waals surface area contributed by atoms with Gasteiger partial charge in [-0.1, -0.05) is 46.3 Å². The summed E-state index contributed by atoms with van der Waals surface area (Å²) in [5.41, 5.74) is 3.88. The average Bonchev–Trinajstić information content (AvgIpc) is 2.38. The van der Waals surface area contributed by atoms with Gasteiger partial charge in [0.25, 0.3) is 0 Å². The van der Waals surface area contributed by atoms with E-state index < -0.39 is 11.6 Å². The Morgan fingerprint density at radius 3 is 2.47 bits per heavy atom. The normalized spacial score (nSPS) is 12.5. The van der Waals surface area contributed by atoms with Crippen molar-refractivity contribution in [2.24, 2.45) is 0 Å². The van der Waals surface area contributed by atoms with Crippen LogP contribution in [0.25, 0.3) is 0 Å². The van der Waals surface area contributed by atoms with Crippen LogP contribution in [-0.4, -0.2) is 0 Å². The van der Waals surface area contributed by atoms with Gasteiger partial charge in [-0.15, -0.1) is 0 Å². The van der Waals surface area contributed by atoms with Crippen LogP contribution in [-0.2, 0) is 6.42 Å². The fraction of sp³-hybridized carbons (Fsp3) is 0.250. The molecular weight excluding hydrogens is 310 g/mol. The molecule has 3 heteroatoms. The van der Waals surface area contributed by atoms with E-state index in [2.05, 4.69) is 28.9 Å². The Morgan fingerprint density at radius 1 is 1.05 bits per heavy atom. The second kappa shape index (κ2) is 5.83. The molecular formula is C16H15BrF2. The zero-order valence-electron chi connectivity index (χ0n) is 10.9. The first-order chi connectivity index (χ1) is 8.99. The minimum Gasteiger partial charge on any atom is -0.204 e. The van der Waals surface area contributed by atoms with E-state index in [1.54, 1.807) is 6.07 Å². The van der Waals surface area contributed by atoms with E-state index in [-0.39, 0.29) is 4.83 Å². The highest BCUT2D eigenvalue weighted by Crippen LogP contribution is 2.29. The van der Waals surface area contributed by atoms with E-state index in [0.29, 0.717) is 12.0 Å². The summed E-state index contributed by atoms with van der Waals surface area (Å²) in [6.45, 7) is 4.09. The second-order valence-corrected chi connectivity index (χ2v) is 5.83. The molecule has 2 aromatic carbocycles. The molecule has 2 aromatic rings. The Morgan fingerprint density at radius 2 is 1.79 bits per heavy atom. The Labute approximate surface area is 120 Å². The SMILES string of the molecule is Cc1ccc(C(Br)Cc2cccc(F)c2F)cc1C. The molecule has 0 aromatic heterocycles. The number of aryl methyl sites for hydroxylation is 2. The summed E-state index contributed by atoms with van der Waals surface area (Å²) in [4.78, 5) is -0.0249. The summed E-state index contributed by atoms with van der Waals surface area (Å²) < 4.78 is 26.8. The van der Waals surface area contributed by atoms with E-state index in [1.165, 1.54) is 17.2 Å². The van der Waals surface area contributed by atoms with Crippen molar-refractivity contribution in [3.05, 3.63) is 70.3 Å². The van der Waals surface area contributed by atoms with Crippen LogP contribution in [0.1, 0.15) is 27.1 Å². The van der Waals surface area contributed by atoms with Gasteiger partial charge in [0.05, 0.1) is 0 Å². The van der Waals surface area contributed by atoms with Crippen LogP contribution >= 0.6 is 15.9 Å². The van der Waals surface area contributed by atoms with Gasteiger partial charge in [0.2, 0.25) is 0 Å². The third-order valence-corrected chi connectivity index (χ3v) is 4.18. The quantitative estimate of drug-likeness (QED) is 0.675. The van der Waals surface area contributed by atoms with Gasteiger partial charge in [-0.25, -0.2) is 8.78 Å². The molecule has 0 fully saturated rings. The predicted octanol–water partition coefficient (Wildman–Crippen LogP) is 5.26. The molecule has 100 valence electrons. The zero-order valence-corrected chi connectivity index (χ0v) is 12.5. The third-order valence-electron chi connectivity index (χ3n) is 3.32. The fourth-order valence-corrected chi connectivity index (χ4v) is 2.61. The number of benzene rings is 2. The lowest BCUT2D eigenvalue weighted by Gasteiger charge is -2.13. The molecule has 2 rings (SSSR count). The second-order valence-electron chi connectivity index (χ2n) is 4.73. The summed E-state index contributed by atoms with van der Waals surface area (Å²) >= 11 is 3.55. The number of rotatable bonds is 3. The predicted molar refractivity (Wildman–Crippen MR) is 77.6 cm³/mol. The number of alkyl halides is 1. The van der Waals surface area contributed by atoms with Crippen molar-refractivity contribution < 1.29 is 8.78 Å². The maximum absolute atomic E-state index is 13.6. The summed E-state index contributed by atoms with van der Waals surface area (Å²) in [6, 6.07) is 10.4. The molecule has 1 unspecified atom stereocenters. The lowest BCUT2D eigenvalue weighted by molar-refractivity contribution is 0.498. The number of halogens is 3. The van der Waals surface area contributed by atoms with Crippen LogP contribution in [0.2, 0.25) is 0 Å². The Bertz CT molecular complexity index is 593. The molecule has 0 saturated heterocycles. The van der Waals surface area contributed by atoms with Gasteiger partial charge in [-0.05, 0) is 48.6 Å². The van der Waals surface area contributed by atoms with Crippen LogP contribution in [0.15, 0.2) is 36.4 Å². The zero-order chi connectivity index (χ0) is 14.0. The first-order valence-electron chi connectivity index (χ1n) is 6.13. The lowest BCUT2D eigenvalue weighted by Crippen LogP contribution is -2.00. The van der Waals surface area contributed by atoms with Crippen molar-refractivity contribution in [1.82, 2.24) is 0 Å². The molecule has 0 bridgehead atoms.